The van der Waals surface area contributed by atoms with Crippen molar-refractivity contribution in [2.45, 2.75) is 83.5 Å². The fourth-order valence-electron chi connectivity index (χ4n) is 2.68. The van der Waals surface area contributed by atoms with Crippen LogP contribution < -0.4 is 10.6 Å². The third-order valence-electron chi connectivity index (χ3n) is 4.21. The van der Waals surface area contributed by atoms with Gasteiger partial charge in [0.05, 0.1) is 6.10 Å². The lowest BCUT2D eigenvalue weighted by Crippen LogP contribution is -2.63. The van der Waals surface area contributed by atoms with Crippen molar-refractivity contribution in [2.75, 3.05) is 13.1 Å². The van der Waals surface area contributed by atoms with E-state index in [1.54, 1.807) is 0 Å². The van der Waals surface area contributed by atoms with Gasteiger partial charge >= 0.3 is 0 Å². The molecule has 5 unspecified atom stereocenters. The molecule has 0 aliphatic carbocycles. The van der Waals surface area contributed by atoms with Crippen LogP contribution in [-0.2, 0) is 9.53 Å². The number of aliphatic hydroxyl groups is 3. The van der Waals surface area contributed by atoms with Gasteiger partial charge in [-0.3, -0.25) is 4.79 Å². The quantitative estimate of drug-likeness (QED) is 0.369. The number of carbonyl (C=O) groups is 1. The summed E-state index contributed by atoms with van der Waals surface area (Å²) in [4.78, 5) is 12.2. The van der Waals surface area contributed by atoms with Gasteiger partial charge in [0, 0.05) is 19.1 Å². The van der Waals surface area contributed by atoms with E-state index >= 15 is 0 Å². The predicted octanol–water partition coefficient (Wildman–Crippen LogP) is -0.223. The van der Waals surface area contributed by atoms with Crippen LogP contribution in [0.4, 0.5) is 0 Å². The molecular weight excluding hydrogens is 312 g/mol. The number of hydrogen-bond acceptors (Lipinski definition) is 6. The fraction of sp³-hybridized carbons (Fsp3) is 0.941. The summed E-state index contributed by atoms with van der Waals surface area (Å²) in [6.07, 6.45) is -3.02. The van der Waals surface area contributed by atoms with E-state index in [1.165, 1.54) is 0 Å². The maximum Gasteiger partial charge on any atom is 0.251 e. The Hall–Kier alpha value is -0.730. The van der Waals surface area contributed by atoms with Crippen molar-refractivity contribution < 1.29 is 24.9 Å². The largest absolute Gasteiger partial charge is 0.388 e. The molecule has 0 aromatic heterocycles. The molecule has 142 valence electrons. The molecule has 1 aliphatic heterocycles. The summed E-state index contributed by atoms with van der Waals surface area (Å²) in [7, 11) is 0. The summed E-state index contributed by atoms with van der Waals surface area (Å²) < 4.78 is 5.55. The second-order valence-corrected chi connectivity index (χ2v) is 7.31. The van der Waals surface area contributed by atoms with E-state index in [-0.39, 0.29) is 6.04 Å². The molecule has 0 spiro atoms. The van der Waals surface area contributed by atoms with E-state index in [2.05, 4.69) is 24.5 Å². The lowest BCUT2D eigenvalue weighted by Gasteiger charge is -2.40. The highest BCUT2D eigenvalue weighted by molar-refractivity contribution is 5.81. The van der Waals surface area contributed by atoms with Gasteiger partial charge in [0.2, 0.25) is 0 Å². The van der Waals surface area contributed by atoms with Gasteiger partial charge in [-0.1, -0.05) is 40.5 Å². The summed E-state index contributed by atoms with van der Waals surface area (Å²) in [5.74, 6) is 0.183. The SMILES string of the molecule is CC(C)CCCCNC(=O)C1OC(CNC(C)C)C(O)C(O)C1O. The monoisotopic (exact) mass is 346 g/mol. The van der Waals surface area contributed by atoms with Gasteiger partial charge in [0.25, 0.3) is 5.91 Å². The highest BCUT2D eigenvalue weighted by atomic mass is 16.5. The van der Waals surface area contributed by atoms with E-state index in [4.69, 9.17) is 4.74 Å². The second kappa shape index (κ2) is 10.3. The molecule has 1 rings (SSSR count). The Morgan fingerprint density at radius 1 is 1.04 bits per heavy atom. The lowest BCUT2D eigenvalue weighted by atomic mass is 9.94. The minimum Gasteiger partial charge on any atom is -0.388 e. The number of amides is 1. The zero-order valence-electron chi connectivity index (χ0n) is 15.2. The van der Waals surface area contributed by atoms with Crippen LogP contribution in [0.3, 0.4) is 0 Å². The Morgan fingerprint density at radius 3 is 2.29 bits per heavy atom. The van der Waals surface area contributed by atoms with Crippen LogP contribution in [0.25, 0.3) is 0 Å². The van der Waals surface area contributed by atoms with Crippen molar-refractivity contribution in [1.82, 2.24) is 10.6 Å². The third-order valence-corrected chi connectivity index (χ3v) is 4.21. The molecule has 0 radical (unpaired) electrons. The van der Waals surface area contributed by atoms with E-state index in [0.29, 0.717) is 19.0 Å². The normalized spacial score (nSPS) is 30.8. The average molecular weight is 346 g/mol. The molecule has 1 amide bonds. The third kappa shape index (κ3) is 6.64. The lowest BCUT2D eigenvalue weighted by molar-refractivity contribution is -0.219. The first-order chi connectivity index (χ1) is 11.2. The molecule has 1 heterocycles. The standard InChI is InChI=1S/C17H34N2O5/c1-10(2)7-5-6-8-18-17(23)16-15(22)14(21)13(20)12(24-16)9-19-11(3)4/h10-16,19-22H,5-9H2,1-4H3,(H,18,23). The average Bonchev–Trinajstić information content (AvgIpc) is 2.51. The zero-order chi connectivity index (χ0) is 18.3. The fourth-order valence-corrected chi connectivity index (χ4v) is 2.68. The minimum atomic E-state index is -1.44. The molecule has 5 atom stereocenters. The van der Waals surface area contributed by atoms with Crippen LogP contribution in [0, 0.1) is 5.92 Å². The maximum absolute atomic E-state index is 12.2. The van der Waals surface area contributed by atoms with Crippen LogP contribution in [-0.4, -0.2) is 70.9 Å². The van der Waals surface area contributed by atoms with Crippen molar-refractivity contribution in [3.8, 4) is 0 Å². The van der Waals surface area contributed by atoms with Crippen LogP contribution in [0.1, 0.15) is 47.0 Å². The number of hydrogen-bond donors (Lipinski definition) is 5. The molecule has 0 bridgehead atoms. The van der Waals surface area contributed by atoms with Crippen LogP contribution >= 0.6 is 0 Å². The number of carbonyl (C=O) groups excluding carboxylic acids is 1. The molecule has 7 heteroatoms. The number of rotatable bonds is 9. The van der Waals surface area contributed by atoms with Crippen molar-refractivity contribution in [1.29, 1.82) is 0 Å². The molecule has 1 aliphatic rings. The van der Waals surface area contributed by atoms with Crippen molar-refractivity contribution in [3.05, 3.63) is 0 Å². The first-order valence-electron chi connectivity index (χ1n) is 8.94. The van der Waals surface area contributed by atoms with Gasteiger partial charge in [-0.05, 0) is 12.3 Å². The van der Waals surface area contributed by atoms with Crippen molar-refractivity contribution in [3.63, 3.8) is 0 Å². The van der Waals surface area contributed by atoms with E-state index in [0.717, 1.165) is 19.3 Å². The minimum absolute atomic E-state index is 0.179. The van der Waals surface area contributed by atoms with Gasteiger partial charge in [0.15, 0.2) is 6.10 Å². The smallest absolute Gasteiger partial charge is 0.251 e. The summed E-state index contributed by atoms with van der Waals surface area (Å²) >= 11 is 0. The molecule has 0 aromatic rings. The number of nitrogens with one attached hydrogen (secondary N) is 2. The van der Waals surface area contributed by atoms with Crippen LogP contribution in [0.5, 0.6) is 0 Å². The first kappa shape index (κ1) is 21.3. The molecule has 1 fully saturated rings. The van der Waals surface area contributed by atoms with Crippen LogP contribution in [0.2, 0.25) is 0 Å². The first-order valence-corrected chi connectivity index (χ1v) is 8.94. The molecule has 1 saturated heterocycles. The molecule has 5 N–H and O–H groups in total. The van der Waals surface area contributed by atoms with Crippen molar-refractivity contribution >= 4 is 5.91 Å². The molecule has 24 heavy (non-hydrogen) atoms. The number of aliphatic hydroxyl groups excluding tert-OH is 3. The summed E-state index contributed by atoms with van der Waals surface area (Å²) in [5, 5.41) is 35.9. The Kier molecular flexibility index (Phi) is 9.15. The maximum atomic E-state index is 12.2. The van der Waals surface area contributed by atoms with Gasteiger partial charge in [-0.2, -0.15) is 0 Å². The topological polar surface area (TPSA) is 111 Å². The number of ether oxygens (including phenoxy) is 1. The highest BCUT2D eigenvalue weighted by Gasteiger charge is 2.46. The second-order valence-electron chi connectivity index (χ2n) is 7.31. The van der Waals surface area contributed by atoms with Gasteiger partial charge in [0.1, 0.15) is 18.3 Å². The van der Waals surface area contributed by atoms with E-state index in [1.807, 2.05) is 13.8 Å². The Balaban J connectivity index is 2.49. The summed E-state index contributed by atoms with van der Waals surface area (Å²) in [6.45, 7) is 9.00. The summed E-state index contributed by atoms with van der Waals surface area (Å²) in [6, 6.07) is 0.179. The number of unbranched alkanes of at least 4 members (excludes halogenated alkanes) is 1. The zero-order valence-corrected chi connectivity index (χ0v) is 15.2. The predicted molar refractivity (Wildman–Crippen MR) is 91.5 cm³/mol. The Bertz CT molecular complexity index is 378. The van der Waals surface area contributed by atoms with E-state index in [9.17, 15) is 20.1 Å². The molecule has 0 saturated carbocycles. The highest BCUT2D eigenvalue weighted by Crippen LogP contribution is 2.21. The van der Waals surface area contributed by atoms with Crippen LogP contribution in [0.15, 0.2) is 0 Å². The molecular formula is C17H34N2O5. The Labute approximate surface area is 144 Å². The van der Waals surface area contributed by atoms with E-state index < -0.39 is 36.4 Å². The van der Waals surface area contributed by atoms with Gasteiger partial charge in [-0.25, -0.2) is 0 Å². The Morgan fingerprint density at radius 2 is 1.71 bits per heavy atom. The summed E-state index contributed by atoms with van der Waals surface area (Å²) in [5.41, 5.74) is 0. The molecule has 7 nitrogen and oxygen atoms in total. The van der Waals surface area contributed by atoms with Gasteiger partial charge in [-0.15, -0.1) is 0 Å². The molecule has 0 aromatic carbocycles. The van der Waals surface area contributed by atoms with Crippen molar-refractivity contribution in [2.24, 2.45) is 5.92 Å². The van der Waals surface area contributed by atoms with Gasteiger partial charge < -0.3 is 30.7 Å².